The molecule has 0 aliphatic carbocycles. The number of ether oxygens (including phenoxy) is 1. The number of nitrogens with zero attached hydrogens (tertiary/aromatic N) is 1. The van der Waals surface area contributed by atoms with Gasteiger partial charge < -0.3 is 15.4 Å². The van der Waals surface area contributed by atoms with Crippen LogP contribution in [0.25, 0.3) is 0 Å². The first kappa shape index (κ1) is 16.7. The Bertz CT molecular complexity index is 451. The van der Waals surface area contributed by atoms with E-state index in [9.17, 15) is 4.79 Å². The summed E-state index contributed by atoms with van der Waals surface area (Å²) in [5.41, 5.74) is 7.94. The summed E-state index contributed by atoms with van der Waals surface area (Å²) < 4.78 is 5.03. The van der Waals surface area contributed by atoms with Crippen LogP contribution in [0, 0.1) is 0 Å². The molecule has 4 nitrogen and oxygen atoms in total. The second kappa shape index (κ2) is 8.04. The third kappa shape index (κ3) is 4.07. The lowest BCUT2D eigenvalue weighted by atomic mass is 10.1. The van der Waals surface area contributed by atoms with Crippen LogP contribution in [0.3, 0.4) is 0 Å². The van der Waals surface area contributed by atoms with Gasteiger partial charge in [-0.05, 0) is 44.4 Å². The fourth-order valence-corrected chi connectivity index (χ4v) is 2.54. The summed E-state index contributed by atoms with van der Waals surface area (Å²) in [6, 6.07) is 5.85. The van der Waals surface area contributed by atoms with E-state index < -0.39 is 0 Å². The standard InChI is InChI=1S/C15H24N2O2S/c1-5-19-15(18)12-7-6-8-13(14(12)16)17(3)11(2)9-10-20-4/h6-8,11H,5,9-10,16H2,1-4H3. The zero-order valence-electron chi connectivity index (χ0n) is 12.7. The first-order chi connectivity index (χ1) is 9.52. The molecule has 0 heterocycles. The van der Waals surface area contributed by atoms with Crippen LogP contribution in [0.2, 0.25) is 0 Å². The number of hydrogen-bond acceptors (Lipinski definition) is 5. The zero-order valence-corrected chi connectivity index (χ0v) is 13.5. The molecule has 1 atom stereocenters. The number of nitrogen functional groups attached to an aromatic ring is 1. The molecule has 1 aromatic carbocycles. The van der Waals surface area contributed by atoms with E-state index in [4.69, 9.17) is 10.5 Å². The van der Waals surface area contributed by atoms with Crippen molar-refractivity contribution in [1.82, 2.24) is 0 Å². The average molecular weight is 296 g/mol. The number of nitrogens with two attached hydrogens (primary N) is 1. The number of rotatable bonds is 7. The first-order valence-electron chi connectivity index (χ1n) is 6.80. The smallest absolute Gasteiger partial charge is 0.340 e. The lowest BCUT2D eigenvalue weighted by Gasteiger charge is -2.28. The van der Waals surface area contributed by atoms with Gasteiger partial charge in [0.05, 0.1) is 23.5 Å². The van der Waals surface area contributed by atoms with Crippen molar-refractivity contribution in [2.75, 3.05) is 36.3 Å². The highest BCUT2D eigenvalue weighted by atomic mass is 32.2. The second-order valence-corrected chi connectivity index (χ2v) is 5.69. The number of thioether (sulfide) groups is 1. The predicted octanol–water partition coefficient (Wildman–Crippen LogP) is 3.02. The molecule has 1 rings (SSSR count). The number of benzene rings is 1. The Balaban J connectivity index is 2.95. The number of carbonyl (C=O) groups is 1. The van der Waals surface area contributed by atoms with Gasteiger partial charge in [-0.15, -0.1) is 0 Å². The summed E-state index contributed by atoms with van der Waals surface area (Å²) in [6.07, 6.45) is 3.17. The maximum absolute atomic E-state index is 11.9. The molecule has 0 spiro atoms. The van der Waals surface area contributed by atoms with Gasteiger partial charge in [0.15, 0.2) is 0 Å². The Morgan fingerprint density at radius 3 is 2.80 bits per heavy atom. The molecule has 0 bridgehead atoms. The Labute approximate surface area is 125 Å². The molecule has 5 heteroatoms. The van der Waals surface area contributed by atoms with E-state index in [1.807, 2.05) is 30.9 Å². The van der Waals surface area contributed by atoms with Crippen LogP contribution in [-0.2, 0) is 4.74 Å². The summed E-state index contributed by atoms with van der Waals surface area (Å²) in [6.45, 7) is 4.30. The van der Waals surface area contributed by atoms with E-state index in [1.54, 1.807) is 13.0 Å². The minimum atomic E-state index is -0.364. The molecule has 1 unspecified atom stereocenters. The molecule has 0 fully saturated rings. The maximum atomic E-state index is 11.9. The molecule has 20 heavy (non-hydrogen) atoms. The number of anilines is 2. The van der Waals surface area contributed by atoms with Crippen molar-refractivity contribution >= 4 is 29.1 Å². The van der Waals surface area contributed by atoms with Crippen molar-refractivity contribution in [3.8, 4) is 0 Å². The van der Waals surface area contributed by atoms with Crippen molar-refractivity contribution in [3.63, 3.8) is 0 Å². The van der Waals surface area contributed by atoms with Crippen LogP contribution in [0.4, 0.5) is 11.4 Å². The largest absolute Gasteiger partial charge is 0.462 e. The molecular weight excluding hydrogens is 272 g/mol. The minimum Gasteiger partial charge on any atom is -0.462 e. The predicted molar refractivity (Wildman–Crippen MR) is 87.7 cm³/mol. The SMILES string of the molecule is CCOC(=O)c1cccc(N(C)C(C)CCSC)c1N. The quantitative estimate of drug-likeness (QED) is 0.619. The monoisotopic (exact) mass is 296 g/mol. The van der Waals surface area contributed by atoms with Crippen molar-refractivity contribution in [2.45, 2.75) is 26.3 Å². The zero-order chi connectivity index (χ0) is 15.1. The first-order valence-corrected chi connectivity index (χ1v) is 8.19. The highest BCUT2D eigenvalue weighted by molar-refractivity contribution is 7.98. The molecular formula is C15H24N2O2S. The van der Waals surface area contributed by atoms with Crippen molar-refractivity contribution < 1.29 is 9.53 Å². The van der Waals surface area contributed by atoms with Crippen molar-refractivity contribution in [2.24, 2.45) is 0 Å². The van der Waals surface area contributed by atoms with Crippen LogP contribution in [0.1, 0.15) is 30.6 Å². The van der Waals surface area contributed by atoms with Crippen LogP contribution in [-0.4, -0.2) is 37.7 Å². The fraction of sp³-hybridized carbons (Fsp3) is 0.533. The lowest BCUT2D eigenvalue weighted by Crippen LogP contribution is -2.30. The lowest BCUT2D eigenvalue weighted by molar-refractivity contribution is 0.0527. The highest BCUT2D eigenvalue weighted by Crippen LogP contribution is 2.28. The Hall–Kier alpha value is -1.36. The van der Waals surface area contributed by atoms with Gasteiger partial charge in [0.1, 0.15) is 0 Å². The van der Waals surface area contributed by atoms with Crippen LogP contribution in [0.5, 0.6) is 0 Å². The van der Waals surface area contributed by atoms with Gasteiger partial charge in [0.2, 0.25) is 0 Å². The van der Waals surface area contributed by atoms with Crippen LogP contribution in [0.15, 0.2) is 18.2 Å². The molecule has 0 aliphatic rings. The van der Waals surface area contributed by atoms with Crippen LogP contribution < -0.4 is 10.6 Å². The Kier molecular flexibility index (Phi) is 6.71. The number of hydrogen-bond donors (Lipinski definition) is 1. The van der Waals surface area contributed by atoms with E-state index in [-0.39, 0.29) is 5.97 Å². The van der Waals surface area contributed by atoms with Gasteiger partial charge in [-0.2, -0.15) is 11.8 Å². The van der Waals surface area contributed by atoms with Gasteiger partial charge in [-0.1, -0.05) is 6.07 Å². The van der Waals surface area contributed by atoms with Gasteiger partial charge in [0.25, 0.3) is 0 Å². The fourth-order valence-electron chi connectivity index (χ4n) is 1.97. The minimum absolute atomic E-state index is 0.350. The average Bonchev–Trinajstić information content (AvgIpc) is 2.44. The molecule has 0 radical (unpaired) electrons. The maximum Gasteiger partial charge on any atom is 0.340 e. The topological polar surface area (TPSA) is 55.6 Å². The van der Waals surface area contributed by atoms with Crippen molar-refractivity contribution in [1.29, 1.82) is 0 Å². The molecule has 2 N–H and O–H groups in total. The highest BCUT2D eigenvalue weighted by Gasteiger charge is 2.18. The summed E-state index contributed by atoms with van der Waals surface area (Å²) in [4.78, 5) is 14.0. The normalized spacial score (nSPS) is 12.0. The summed E-state index contributed by atoms with van der Waals surface area (Å²) in [5.74, 6) is 0.736. The van der Waals surface area contributed by atoms with Gasteiger partial charge in [0, 0.05) is 13.1 Å². The molecule has 112 valence electrons. The number of para-hydroxylation sites is 1. The van der Waals surface area contributed by atoms with Crippen molar-refractivity contribution in [3.05, 3.63) is 23.8 Å². The Morgan fingerprint density at radius 2 is 2.20 bits per heavy atom. The van der Waals surface area contributed by atoms with E-state index in [1.165, 1.54) is 0 Å². The molecule has 1 aromatic rings. The molecule has 0 aliphatic heterocycles. The molecule has 0 saturated carbocycles. The summed E-state index contributed by atoms with van der Waals surface area (Å²) in [7, 11) is 2.01. The third-order valence-electron chi connectivity index (χ3n) is 3.36. The summed E-state index contributed by atoms with van der Waals surface area (Å²) in [5, 5.41) is 0. The van der Waals surface area contributed by atoms with E-state index in [0.29, 0.717) is 23.9 Å². The van der Waals surface area contributed by atoms with Gasteiger partial charge in [-0.3, -0.25) is 0 Å². The number of carbonyl (C=O) groups excluding carboxylic acids is 1. The molecule has 0 aromatic heterocycles. The van der Waals surface area contributed by atoms with E-state index >= 15 is 0 Å². The summed E-state index contributed by atoms with van der Waals surface area (Å²) >= 11 is 1.83. The van der Waals surface area contributed by atoms with Gasteiger partial charge >= 0.3 is 5.97 Å². The molecule has 0 saturated heterocycles. The Morgan fingerprint density at radius 1 is 1.50 bits per heavy atom. The second-order valence-electron chi connectivity index (χ2n) is 4.70. The third-order valence-corrected chi connectivity index (χ3v) is 4.00. The van der Waals surface area contributed by atoms with E-state index in [2.05, 4.69) is 18.1 Å². The van der Waals surface area contributed by atoms with E-state index in [0.717, 1.165) is 17.9 Å². The molecule has 0 amide bonds. The van der Waals surface area contributed by atoms with Gasteiger partial charge in [-0.25, -0.2) is 4.79 Å². The number of esters is 1. The van der Waals surface area contributed by atoms with Crippen LogP contribution >= 0.6 is 11.8 Å².